The largest absolute Gasteiger partial charge is 0.463 e. The van der Waals surface area contributed by atoms with Crippen LogP contribution in [-0.4, -0.2) is 38.9 Å². The van der Waals surface area contributed by atoms with Crippen molar-refractivity contribution in [2.45, 2.75) is 46.0 Å². The van der Waals surface area contributed by atoms with E-state index < -0.39 is 13.9 Å². The number of amides is 1. The van der Waals surface area contributed by atoms with Crippen molar-refractivity contribution in [2.24, 2.45) is 0 Å². The first kappa shape index (κ1) is 16.1. The highest BCUT2D eigenvalue weighted by Gasteiger charge is 2.29. The first-order valence-corrected chi connectivity index (χ1v) is 9.01. The molecule has 0 saturated carbocycles. The van der Waals surface area contributed by atoms with Gasteiger partial charge in [-0.15, -0.1) is 0 Å². The molecule has 0 spiro atoms. The Balaban J connectivity index is 4.49. The second-order valence-corrected chi connectivity index (χ2v) is 9.94. The zero-order valence-corrected chi connectivity index (χ0v) is 12.5. The summed E-state index contributed by atoms with van der Waals surface area (Å²) in [5.74, 6) is -0.534. The molecule has 0 aromatic heterocycles. The number of hydrogen-bond donors (Lipinski definition) is 1. The van der Waals surface area contributed by atoms with Gasteiger partial charge in [0.2, 0.25) is 5.91 Å². The summed E-state index contributed by atoms with van der Waals surface area (Å²) < 4.78 is 10.7. The number of carbonyl (C=O) groups is 2. The van der Waals surface area contributed by atoms with Crippen LogP contribution < -0.4 is 5.32 Å². The maximum Gasteiger partial charge on any atom is 0.302 e. The second-order valence-electron chi connectivity index (χ2n) is 5.42. The molecular formula is C11H23NO4Si. The number of hydrogen-bond acceptors (Lipinski definition) is 4. The van der Waals surface area contributed by atoms with Crippen molar-refractivity contribution < 1.29 is 18.8 Å². The predicted molar refractivity (Wildman–Crippen MR) is 68.2 cm³/mol. The minimum absolute atomic E-state index is 0.117. The van der Waals surface area contributed by atoms with Gasteiger partial charge < -0.3 is 14.5 Å². The molecule has 0 radical (unpaired) electrons. The van der Waals surface area contributed by atoms with Gasteiger partial charge in [-0.2, -0.15) is 0 Å². The van der Waals surface area contributed by atoms with E-state index in [-0.39, 0.29) is 18.5 Å². The molecule has 1 N–H and O–H groups in total. The Bertz CT molecular complexity index is 288. The molecular weight excluding hydrogens is 238 g/mol. The molecule has 0 heterocycles. The summed E-state index contributed by atoms with van der Waals surface area (Å²) in [4.78, 5) is 21.9. The third kappa shape index (κ3) is 8.88. The Hall–Kier alpha value is -0.883. The van der Waals surface area contributed by atoms with E-state index in [4.69, 9.17) is 9.16 Å². The van der Waals surface area contributed by atoms with Gasteiger partial charge in [-0.25, -0.2) is 0 Å². The lowest BCUT2D eigenvalue weighted by Gasteiger charge is -2.32. The van der Waals surface area contributed by atoms with Gasteiger partial charge in [0.1, 0.15) is 6.61 Å². The number of rotatable bonds is 6. The summed E-state index contributed by atoms with van der Waals surface area (Å²) >= 11 is 0. The summed E-state index contributed by atoms with van der Waals surface area (Å²) in [6.07, 6.45) is 0. The Morgan fingerprint density at radius 1 is 1.18 bits per heavy atom. The van der Waals surface area contributed by atoms with Crippen molar-refractivity contribution in [1.29, 1.82) is 0 Å². The number of ether oxygens (including phenoxy) is 1. The van der Waals surface area contributed by atoms with E-state index in [1.165, 1.54) is 13.8 Å². The van der Waals surface area contributed by atoms with Gasteiger partial charge in [-0.3, -0.25) is 9.59 Å². The lowest BCUT2D eigenvalue weighted by atomic mass is 10.1. The van der Waals surface area contributed by atoms with Gasteiger partial charge in [-0.1, -0.05) is 0 Å². The molecule has 6 heteroatoms. The van der Waals surface area contributed by atoms with Crippen LogP contribution in [-0.2, 0) is 18.8 Å². The molecule has 0 aliphatic carbocycles. The van der Waals surface area contributed by atoms with E-state index >= 15 is 0 Å². The number of carbonyl (C=O) groups excluding carboxylic acids is 2. The van der Waals surface area contributed by atoms with Gasteiger partial charge in [0.05, 0.1) is 12.1 Å². The number of nitrogens with one attached hydrogen (secondary N) is 1. The lowest BCUT2D eigenvalue weighted by molar-refractivity contribution is -0.144. The molecule has 0 aliphatic rings. The van der Waals surface area contributed by atoms with Crippen LogP contribution in [0.4, 0.5) is 0 Å². The normalized spacial score (nSPS) is 14.9. The molecule has 5 nitrogen and oxygen atoms in total. The first-order valence-electron chi connectivity index (χ1n) is 5.60. The topological polar surface area (TPSA) is 64.6 Å². The Labute approximate surface area is 104 Å². The van der Waals surface area contributed by atoms with Crippen LogP contribution in [0.5, 0.6) is 0 Å². The summed E-state index contributed by atoms with van der Waals surface area (Å²) in [7, 11) is -1.67. The summed E-state index contributed by atoms with van der Waals surface area (Å²) in [5, 5.41) is 2.77. The van der Waals surface area contributed by atoms with Crippen molar-refractivity contribution >= 4 is 20.2 Å². The molecule has 0 bridgehead atoms. The van der Waals surface area contributed by atoms with Crippen LogP contribution in [0.1, 0.15) is 20.8 Å². The summed E-state index contributed by atoms with van der Waals surface area (Å²) in [5.41, 5.74) is -0.669. The molecule has 100 valence electrons. The lowest BCUT2D eigenvalue weighted by Crippen LogP contribution is -2.54. The summed E-state index contributed by atoms with van der Waals surface area (Å²) in [6.45, 7) is 11.2. The van der Waals surface area contributed by atoms with Gasteiger partial charge in [0.25, 0.3) is 0 Å². The molecule has 0 fully saturated rings. The zero-order chi connectivity index (χ0) is 13.7. The third-order valence-electron chi connectivity index (χ3n) is 1.90. The standard InChI is InChI=1S/C11H23NO4Si/c1-9(13)12-11(3,7-15-10(2)14)8-16-17(4,5)6/h7-8H2,1-6H3,(H,12,13). The smallest absolute Gasteiger partial charge is 0.302 e. The van der Waals surface area contributed by atoms with E-state index in [0.717, 1.165) is 0 Å². The van der Waals surface area contributed by atoms with E-state index in [9.17, 15) is 9.59 Å². The highest BCUT2D eigenvalue weighted by molar-refractivity contribution is 6.69. The van der Waals surface area contributed by atoms with Crippen molar-refractivity contribution in [3.8, 4) is 0 Å². The van der Waals surface area contributed by atoms with Gasteiger partial charge >= 0.3 is 5.97 Å². The molecule has 1 unspecified atom stereocenters. The Morgan fingerprint density at radius 2 is 1.71 bits per heavy atom. The number of esters is 1. The van der Waals surface area contributed by atoms with E-state index in [1.807, 2.05) is 0 Å². The fourth-order valence-corrected chi connectivity index (χ4v) is 1.93. The van der Waals surface area contributed by atoms with Crippen LogP contribution in [0.3, 0.4) is 0 Å². The van der Waals surface area contributed by atoms with Crippen LogP contribution in [0, 0.1) is 0 Å². The maximum atomic E-state index is 11.1. The summed E-state index contributed by atoms with van der Waals surface area (Å²) in [6, 6.07) is 0. The monoisotopic (exact) mass is 261 g/mol. The molecule has 0 aliphatic heterocycles. The molecule has 0 saturated heterocycles. The minimum Gasteiger partial charge on any atom is -0.463 e. The van der Waals surface area contributed by atoms with Crippen LogP contribution in [0.2, 0.25) is 19.6 Å². The highest BCUT2D eigenvalue weighted by atomic mass is 28.4. The average Bonchev–Trinajstić information content (AvgIpc) is 2.10. The van der Waals surface area contributed by atoms with Crippen LogP contribution in [0.25, 0.3) is 0 Å². The third-order valence-corrected chi connectivity index (χ3v) is 2.91. The molecule has 0 rings (SSSR count). The maximum absolute atomic E-state index is 11.1. The quantitative estimate of drug-likeness (QED) is 0.578. The molecule has 0 aromatic carbocycles. The van der Waals surface area contributed by atoms with Gasteiger partial charge in [-0.05, 0) is 26.6 Å². The van der Waals surface area contributed by atoms with Gasteiger partial charge in [0, 0.05) is 13.8 Å². The van der Waals surface area contributed by atoms with E-state index in [0.29, 0.717) is 6.61 Å². The molecule has 17 heavy (non-hydrogen) atoms. The predicted octanol–water partition coefficient (Wildman–Crippen LogP) is 1.30. The second kappa shape index (κ2) is 6.16. The van der Waals surface area contributed by atoms with E-state index in [2.05, 4.69) is 25.0 Å². The van der Waals surface area contributed by atoms with Crippen molar-refractivity contribution in [2.75, 3.05) is 13.2 Å². The van der Waals surface area contributed by atoms with Crippen LogP contribution in [0.15, 0.2) is 0 Å². The molecule has 1 amide bonds. The molecule has 1 atom stereocenters. The highest BCUT2D eigenvalue weighted by Crippen LogP contribution is 2.11. The Kier molecular flexibility index (Phi) is 5.84. The fraction of sp³-hybridized carbons (Fsp3) is 0.818. The van der Waals surface area contributed by atoms with Crippen LogP contribution >= 0.6 is 0 Å². The minimum atomic E-state index is -1.67. The zero-order valence-electron chi connectivity index (χ0n) is 11.5. The SMILES string of the molecule is CC(=O)NC(C)(COC(C)=O)CO[Si](C)(C)C. The molecule has 0 aromatic rings. The first-order chi connectivity index (χ1) is 7.54. The van der Waals surface area contributed by atoms with Crippen molar-refractivity contribution in [3.63, 3.8) is 0 Å². The van der Waals surface area contributed by atoms with Crippen molar-refractivity contribution in [1.82, 2.24) is 5.32 Å². The van der Waals surface area contributed by atoms with Crippen molar-refractivity contribution in [3.05, 3.63) is 0 Å². The fourth-order valence-electron chi connectivity index (χ4n) is 1.18. The van der Waals surface area contributed by atoms with E-state index in [1.54, 1.807) is 6.92 Å². The average molecular weight is 261 g/mol. The van der Waals surface area contributed by atoms with Gasteiger partial charge in [0.15, 0.2) is 8.32 Å². The Morgan fingerprint density at radius 3 is 2.06 bits per heavy atom.